The van der Waals surface area contributed by atoms with Crippen LogP contribution in [0, 0.1) is 0 Å². The van der Waals surface area contributed by atoms with Crippen molar-refractivity contribution in [3.63, 3.8) is 0 Å². The molecule has 0 aromatic carbocycles. The van der Waals surface area contributed by atoms with Crippen LogP contribution in [0.25, 0.3) is 0 Å². The summed E-state index contributed by atoms with van der Waals surface area (Å²) in [6.07, 6.45) is 3.19. The second kappa shape index (κ2) is 8.56. The van der Waals surface area contributed by atoms with Crippen LogP contribution < -0.4 is 0 Å². The second-order valence-corrected chi connectivity index (χ2v) is 2.16. The van der Waals surface area contributed by atoms with Gasteiger partial charge in [-0.1, -0.05) is 6.08 Å². The number of hydrogen-bond acceptors (Lipinski definition) is 3. The maximum Gasteiger partial charge on any atom is 0.352 e. The minimum absolute atomic E-state index is 0.299. The zero-order valence-corrected chi connectivity index (χ0v) is 8.97. The lowest BCUT2D eigenvalue weighted by Crippen LogP contribution is -2.18. The van der Waals surface area contributed by atoms with E-state index in [0.29, 0.717) is 5.57 Å². The van der Waals surface area contributed by atoms with E-state index >= 15 is 0 Å². The van der Waals surface area contributed by atoms with Gasteiger partial charge in [-0.05, 0) is 13.8 Å². The molecule has 0 heterocycles. The average Bonchev–Trinajstić information content (AvgIpc) is 2.05. The van der Waals surface area contributed by atoms with Gasteiger partial charge in [-0.3, -0.25) is 0 Å². The highest BCUT2D eigenvalue weighted by molar-refractivity contribution is 6.15. The van der Waals surface area contributed by atoms with Gasteiger partial charge < -0.3 is 4.84 Å². The predicted octanol–water partition coefficient (Wildman–Crippen LogP) is 1.83. The molecule has 0 aliphatic carbocycles. The lowest BCUT2D eigenvalue weighted by atomic mass is 10.3. The van der Waals surface area contributed by atoms with Gasteiger partial charge in [0.1, 0.15) is 0 Å². The fourth-order valence-electron chi connectivity index (χ4n) is 0.356. The number of hydrogen-bond donors (Lipinski definition) is 0. The van der Waals surface area contributed by atoms with E-state index in [0.717, 1.165) is 0 Å². The van der Waals surface area contributed by atoms with Crippen molar-refractivity contribution >= 4 is 17.6 Å². The third-order valence-corrected chi connectivity index (χ3v) is 1.02. The van der Waals surface area contributed by atoms with Gasteiger partial charge in [-0.15, -0.1) is 16.7 Å². The highest BCUT2D eigenvalue weighted by Crippen LogP contribution is 1.95. The van der Waals surface area contributed by atoms with Gasteiger partial charge in [-0.2, -0.15) is 0 Å². The summed E-state index contributed by atoms with van der Waals surface area (Å²) in [6, 6.07) is 0. The van der Waals surface area contributed by atoms with Crippen LogP contribution in [0.3, 0.4) is 0 Å². The van der Waals surface area contributed by atoms with Crippen molar-refractivity contribution in [2.75, 3.05) is 20.5 Å². The first-order valence-corrected chi connectivity index (χ1v) is 4.24. The van der Waals surface area contributed by atoms with E-state index in [2.05, 4.69) is 11.6 Å². The monoisotopic (exact) mass is 193 g/mol. The molecular weight excluding hydrogens is 178 g/mol. The third kappa shape index (κ3) is 7.57. The van der Waals surface area contributed by atoms with E-state index in [1.165, 1.54) is 11.4 Å². The highest BCUT2D eigenvalue weighted by Gasteiger charge is 2.04. The Balaban J connectivity index is 0. The van der Waals surface area contributed by atoms with Crippen LogP contribution in [0.5, 0.6) is 0 Å². The first-order valence-electron chi connectivity index (χ1n) is 3.48. The summed E-state index contributed by atoms with van der Waals surface area (Å²) in [5.74, 6) is -0.299. The Morgan fingerprint density at radius 2 is 1.83 bits per heavy atom. The number of halogens is 1. The highest BCUT2D eigenvalue weighted by atomic mass is 35.5. The number of nitrogens with zero attached hydrogens (tertiary/aromatic N) is 1. The van der Waals surface area contributed by atoms with Gasteiger partial charge in [0.15, 0.2) is 0 Å². The van der Waals surface area contributed by atoms with Crippen molar-refractivity contribution < 1.29 is 9.63 Å². The molecule has 0 rings (SSSR count). The van der Waals surface area contributed by atoms with Crippen LogP contribution in [0.1, 0.15) is 13.8 Å². The zero-order chi connectivity index (χ0) is 10.1. The van der Waals surface area contributed by atoms with Gasteiger partial charge in [-0.25, -0.2) is 4.79 Å². The van der Waals surface area contributed by atoms with Crippen molar-refractivity contribution in [1.29, 1.82) is 0 Å². The molecule has 0 amide bonds. The molecule has 0 radical (unpaired) electrons. The molecule has 12 heavy (non-hydrogen) atoms. The Labute approximate surface area is 78.9 Å². The molecule has 0 fully saturated rings. The number of carbonyl (C=O) groups is 1. The predicted molar refractivity (Wildman–Crippen MR) is 51.0 cm³/mol. The first-order chi connectivity index (χ1) is 5.57. The van der Waals surface area contributed by atoms with Gasteiger partial charge in [0.2, 0.25) is 0 Å². The fourth-order valence-corrected chi connectivity index (χ4v) is 0.356. The standard InChI is InChI=1S/C7H13NO2.CH3Cl/c1-5-6(2)7(9)10-8(3)4;1-2/h5H,1-4H3;1H3/b6-5+;. The van der Waals surface area contributed by atoms with E-state index < -0.39 is 0 Å². The van der Waals surface area contributed by atoms with Gasteiger partial charge in [0.25, 0.3) is 0 Å². The van der Waals surface area contributed by atoms with Gasteiger partial charge in [0, 0.05) is 26.1 Å². The number of hydroxylamine groups is 2. The molecule has 0 aliphatic rings. The fraction of sp³-hybridized carbons (Fsp3) is 0.625. The number of rotatable bonds is 2. The molecule has 72 valence electrons. The molecule has 0 spiro atoms. The van der Waals surface area contributed by atoms with E-state index in [1.807, 2.05) is 0 Å². The van der Waals surface area contributed by atoms with Crippen LogP contribution in [-0.4, -0.2) is 31.5 Å². The summed E-state index contributed by atoms with van der Waals surface area (Å²) in [7, 11) is 3.34. The van der Waals surface area contributed by atoms with Crippen molar-refractivity contribution in [1.82, 2.24) is 5.06 Å². The van der Waals surface area contributed by atoms with E-state index in [9.17, 15) is 4.79 Å². The summed E-state index contributed by atoms with van der Waals surface area (Å²) in [5.41, 5.74) is 0.619. The molecule has 0 N–H and O–H groups in total. The Morgan fingerprint density at radius 1 is 1.42 bits per heavy atom. The smallest absolute Gasteiger partial charge is 0.352 e. The number of carbonyl (C=O) groups excluding carboxylic acids is 1. The number of allylic oxidation sites excluding steroid dienone is 1. The quantitative estimate of drug-likeness (QED) is 0.381. The Hall–Kier alpha value is -0.540. The maximum atomic E-state index is 10.9. The van der Waals surface area contributed by atoms with E-state index in [-0.39, 0.29) is 5.97 Å². The Morgan fingerprint density at radius 3 is 2.08 bits per heavy atom. The summed E-state index contributed by atoms with van der Waals surface area (Å²) < 4.78 is 0. The van der Waals surface area contributed by atoms with Crippen LogP contribution in [0.15, 0.2) is 11.6 Å². The first kappa shape index (κ1) is 14.0. The normalized spacial score (nSPS) is 10.4. The van der Waals surface area contributed by atoms with Crippen LogP contribution in [0.2, 0.25) is 0 Å². The lowest BCUT2D eigenvalue weighted by molar-refractivity contribution is -0.172. The number of alkyl halides is 1. The Bertz CT molecular complexity index is 155. The van der Waals surface area contributed by atoms with E-state index in [4.69, 9.17) is 4.84 Å². The van der Waals surface area contributed by atoms with Gasteiger partial charge in [0.05, 0.1) is 0 Å². The third-order valence-electron chi connectivity index (χ3n) is 1.02. The second-order valence-electron chi connectivity index (χ2n) is 2.16. The molecule has 4 heteroatoms. The maximum absolute atomic E-state index is 10.9. The zero-order valence-electron chi connectivity index (χ0n) is 8.22. The van der Waals surface area contributed by atoms with Crippen molar-refractivity contribution in [3.05, 3.63) is 11.6 Å². The SMILES string of the molecule is C/C=C(\C)C(=O)ON(C)C.CCl. The van der Waals surface area contributed by atoms with Crippen LogP contribution in [-0.2, 0) is 9.63 Å². The topological polar surface area (TPSA) is 29.5 Å². The molecule has 0 saturated heterocycles. The Kier molecular flexibility index (Phi) is 9.99. The molecule has 0 aromatic rings. The van der Waals surface area contributed by atoms with Crippen LogP contribution >= 0.6 is 11.6 Å². The molecule has 3 nitrogen and oxygen atoms in total. The van der Waals surface area contributed by atoms with E-state index in [1.54, 1.807) is 34.0 Å². The summed E-state index contributed by atoms with van der Waals surface area (Å²) in [5, 5.41) is 1.37. The summed E-state index contributed by atoms with van der Waals surface area (Å²) in [6.45, 7) is 3.51. The largest absolute Gasteiger partial charge is 0.365 e. The molecule has 0 aromatic heterocycles. The minimum atomic E-state index is -0.299. The molecule has 0 aliphatic heterocycles. The molecular formula is C8H16ClNO2. The van der Waals surface area contributed by atoms with Gasteiger partial charge >= 0.3 is 5.97 Å². The molecule has 0 atom stereocenters. The minimum Gasteiger partial charge on any atom is -0.365 e. The van der Waals surface area contributed by atoms with Crippen LogP contribution in [0.4, 0.5) is 0 Å². The van der Waals surface area contributed by atoms with Crippen molar-refractivity contribution in [3.8, 4) is 0 Å². The summed E-state index contributed by atoms with van der Waals surface area (Å²) in [4.78, 5) is 15.6. The van der Waals surface area contributed by atoms with Crippen molar-refractivity contribution in [2.24, 2.45) is 0 Å². The molecule has 0 unspecified atom stereocenters. The average molecular weight is 194 g/mol. The van der Waals surface area contributed by atoms with Crippen molar-refractivity contribution in [2.45, 2.75) is 13.8 Å². The summed E-state index contributed by atoms with van der Waals surface area (Å²) >= 11 is 4.64. The lowest BCUT2D eigenvalue weighted by Gasteiger charge is -2.09. The molecule has 0 bridgehead atoms. The molecule has 0 saturated carbocycles.